The van der Waals surface area contributed by atoms with Crippen molar-refractivity contribution in [2.75, 3.05) is 5.73 Å². The van der Waals surface area contributed by atoms with Crippen LogP contribution < -0.4 is 10.5 Å². The van der Waals surface area contributed by atoms with E-state index in [-0.39, 0.29) is 4.75 Å². The van der Waals surface area contributed by atoms with Crippen molar-refractivity contribution in [1.29, 1.82) is 0 Å². The van der Waals surface area contributed by atoms with E-state index in [0.29, 0.717) is 21.7 Å². The molecule has 4 nitrogen and oxygen atoms in total. The zero-order valence-corrected chi connectivity index (χ0v) is 15.6. The molecule has 1 unspecified atom stereocenters. The van der Waals surface area contributed by atoms with Gasteiger partial charge in [0.05, 0.1) is 21.5 Å². The fourth-order valence-electron chi connectivity index (χ4n) is 1.77. The van der Waals surface area contributed by atoms with Gasteiger partial charge in [-0.2, -0.15) is 0 Å². The standard InChI is InChI=1S/C14H17Cl2N3OS2/c1-14(2,3)22(20)19-6-8-4-5-9(15)12(16)11(8)10-7-18-13(17)21-10/h4-5,7,19H,6H2,1-3H3,(H2,17,18). The summed E-state index contributed by atoms with van der Waals surface area (Å²) < 4.78 is 14.8. The second-order valence-corrected chi connectivity index (χ2v) is 9.56. The topological polar surface area (TPSA) is 74.0 Å². The van der Waals surface area contributed by atoms with Crippen molar-refractivity contribution < 1.29 is 4.55 Å². The lowest BCUT2D eigenvalue weighted by Crippen LogP contribution is -2.39. The van der Waals surface area contributed by atoms with Gasteiger partial charge in [0.1, 0.15) is 4.75 Å². The quantitative estimate of drug-likeness (QED) is 0.780. The van der Waals surface area contributed by atoms with Crippen molar-refractivity contribution in [3.63, 3.8) is 0 Å². The highest BCUT2D eigenvalue weighted by molar-refractivity contribution is 7.90. The monoisotopic (exact) mass is 377 g/mol. The van der Waals surface area contributed by atoms with E-state index < -0.39 is 11.4 Å². The van der Waals surface area contributed by atoms with Crippen LogP contribution in [0.5, 0.6) is 0 Å². The second kappa shape index (κ2) is 6.95. The van der Waals surface area contributed by atoms with Crippen LogP contribution in [0.25, 0.3) is 10.4 Å². The lowest BCUT2D eigenvalue weighted by atomic mass is 10.1. The van der Waals surface area contributed by atoms with Crippen molar-refractivity contribution in [3.05, 3.63) is 33.9 Å². The maximum absolute atomic E-state index is 12.2. The molecule has 120 valence electrons. The molecule has 0 saturated heterocycles. The summed E-state index contributed by atoms with van der Waals surface area (Å²) in [7, 11) is 0. The van der Waals surface area contributed by atoms with Crippen molar-refractivity contribution in [1.82, 2.24) is 9.71 Å². The van der Waals surface area contributed by atoms with Crippen molar-refractivity contribution in [3.8, 4) is 10.4 Å². The van der Waals surface area contributed by atoms with Crippen molar-refractivity contribution >= 4 is 51.0 Å². The molecule has 0 amide bonds. The first-order valence-corrected chi connectivity index (χ1v) is 9.26. The van der Waals surface area contributed by atoms with Gasteiger partial charge >= 0.3 is 0 Å². The number of benzene rings is 1. The lowest BCUT2D eigenvalue weighted by molar-refractivity contribution is 0.544. The summed E-state index contributed by atoms with van der Waals surface area (Å²) in [6, 6.07) is 3.60. The molecule has 0 aliphatic carbocycles. The van der Waals surface area contributed by atoms with Crippen LogP contribution >= 0.6 is 34.5 Å². The van der Waals surface area contributed by atoms with E-state index in [2.05, 4.69) is 9.71 Å². The van der Waals surface area contributed by atoms with Crippen LogP contribution in [0.15, 0.2) is 18.3 Å². The Morgan fingerprint density at radius 2 is 2.05 bits per heavy atom. The molecule has 0 fully saturated rings. The molecule has 0 saturated carbocycles. The number of rotatable bonds is 4. The third kappa shape index (κ3) is 4.07. The van der Waals surface area contributed by atoms with E-state index in [4.69, 9.17) is 28.9 Å². The van der Waals surface area contributed by atoms with Gasteiger partial charge < -0.3 is 10.3 Å². The Morgan fingerprint density at radius 3 is 2.59 bits per heavy atom. The van der Waals surface area contributed by atoms with E-state index >= 15 is 0 Å². The Morgan fingerprint density at radius 1 is 1.36 bits per heavy atom. The summed E-state index contributed by atoms with van der Waals surface area (Å²) >= 11 is 12.6. The molecule has 1 heterocycles. The van der Waals surface area contributed by atoms with E-state index in [1.165, 1.54) is 11.3 Å². The molecule has 0 aliphatic heterocycles. The first-order chi connectivity index (χ1) is 10.2. The average Bonchev–Trinajstić information content (AvgIpc) is 2.84. The number of hydrogen-bond donors (Lipinski definition) is 2. The lowest BCUT2D eigenvalue weighted by Gasteiger charge is -2.24. The van der Waals surface area contributed by atoms with Crippen LogP contribution in [-0.4, -0.2) is 14.3 Å². The third-order valence-corrected chi connectivity index (χ3v) is 6.07. The van der Waals surface area contributed by atoms with Gasteiger partial charge in [0.15, 0.2) is 5.13 Å². The Labute approximate surface area is 147 Å². The van der Waals surface area contributed by atoms with Crippen LogP contribution in [0.2, 0.25) is 10.0 Å². The van der Waals surface area contributed by atoms with Crippen molar-refractivity contribution in [2.24, 2.45) is 0 Å². The summed E-state index contributed by atoms with van der Waals surface area (Å²) in [6.45, 7) is 6.15. The molecule has 3 N–H and O–H groups in total. The SMILES string of the molecule is CC(C)(C)[S+]([O-])NCc1ccc(Cl)c(Cl)c1-c1cnc(N)s1. The molecule has 8 heteroatoms. The predicted octanol–water partition coefficient (Wildman–Crippen LogP) is 4.25. The van der Waals surface area contributed by atoms with Gasteiger partial charge in [-0.25, -0.2) is 4.98 Å². The molecular weight excluding hydrogens is 361 g/mol. The molecule has 0 spiro atoms. The number of thiazole rings is 1. The number of aromatic nitrogens is 1. The Balaban J connectivity index is 2.34. The van der Waals surface area contributed by atoms with Gasteiger partial charge in [0.25, 0.3) is 0 Å². The Hall–Kier alpha value is -0.500. The molecule has 0 radical (unpaired) electrons. The summed E-state index contributed by atoms with van der Waals surface area (Å²) in [6.07, 6.45) is 1.67. The fraction of sp³-hybridized carbons (Fsp3) is 0.357. The average molecular weight is 378 g/mol. The summed E-state index contributed by atoms with van der Waals surface area (Å²) in [5.74, 6) is 0. The minimum Gasteiger partial charge on any atom is -0.598 e. The number of anilines is 1. The maximum atomic E-state index is 12.2. The molecule has 1 aromatic carbocycles. The summed E-state index contributed by atoms with van der Waals surface area (Å²) in [5.41, 5.74) is 7.38. The first-order valence-electron chi connectivity index (χ1n) is 6.54. The third-order valence-electron chi connectivity index (χ3n) is 2.90. The minimum atomic E-state index is -1.17. The van der Waals surface area contributed by atoms with Crippen LogP contribution in [0, 0.1) is 0 Å². The van der Waals surface area contributed by atoms with E-state index in [1.807, 2.05) is 26.8 Å². The largest absolute Gasteiger partial charge is 0.598 e. The maximum Gasteiger partial charge on any atom is 0.180 e. The van der Waals surface area contributed by atoms with Gasteiger partial charge in [0.2, 0.25) is 0 Å². The number of nitrogens with two attached hydrogens (primary N) is 1. The van der Waals surface area contributed by atoms with Gasteiger partial charge in [-0.15, -0.1) is 4.72 Å². The van der Waals surface area contributed by atoms with Crippen LogP contribution in [0.4, 0.5) is 5.13 Å². The molecule has 1 atom stereocenters. The molecular formula is C14H17Cl2N3OS2. The van der Waals surface area contributed by atoms with Crippen molar-refractivity contribution in [2.45, 2.75) is 32.1 Å². The van der Waals surface area contributed by atoms with Crippen LogP contribution in [0.1, 0.15) is 26.3 Å². The zero-order chi connectivity index (χ0) is 16.5. The number of hydrogen-bond acceptors (Lipinski definition) is 5. The molecule has 2 aromatic rings. The fourth-order valence-corrected chi connectivity index (χ4v) is 3.76. The molecule has 1 aromatic heterocycles. The smallest absolute Gasteiger partial charge is 0.180 e. The second-order valence-electron chi connectivity index (χ2n) is 5.66. The normalized spacial score (nSPS) is 13.4. The van der Waals surface area contributed by atoms with E-state index in [9.17, 15) is 4.55 Å². The highest BCUT2D eigenvalue weighted by atomic mass is 35.5. The summed E-state index contributed by atoms with van der Waals surface area (Å²) in [5, 5.41) is 1.37. The number of nitrogen functional groups attached to an aromatic ring is 1. The Bertz CT molecular complexity index is 671. The van der Waals surface area contributed by atoms with Gasteiger partial charge in [-0.05, 0) is 32.4 Å². The van der Waals surface area contributed by atoms with Gasteiger partial charge in [0, 0.05) is 23.1 Å². The number of nitrogens with one attached hydrogen (secondary N) is 1. The number of nitrogens with zero attached hydrogens (tertiary/aromatic N) is 1. The molecule has 2 rings (SSSR count). The predicted molar refractivity (Wildman–Crippen MR) is 96.7 cm³/mol. The minimum absolute atomic E-state index is 0.342. The summed E-state index contributed by atoms with van der Waals surface area (Å²) in [4.78, 5) is 4.89. The first kappa shape index (κ1) is 17.8. The number of halogens is 2. The van der Waals surface area contributed by atoms with Crippen LogP contribution in [-0.2, 0) is 17.9 Å². The molecule has 22 heavy (non-hydrogen) atoms. The van der Waals surface area contributed by atoms with E-state index in [1.54, 1.807) is 12.3 Å². The van der Waals surface area contributed by atoms with E-state index in [0.717, 1.165) is 16.0 Å². The van der Waals surface area contributed by atoms with Gasteiger partial charge in [-0.1, -0.05) is 40.6 Å². The molecule has 0 aliphatic rings. The highest BCUT2D eigenvalue weighted by Crippen LogP contribution is 2.39. The van der Waals surface area contributed by atoms with Gasteiger partial charge in [-0.3, -0.25) is 0 Å². The Kier molecular flexibility index (Phi) is 5.63. The molecule has 0 bridgehead atoms. The zero-order valence-electron chi connectivity index (χ0n) is 12.4. The van der Waals surface area contributed by atoms with Crippen LogP contribution in [0.3, 0.4) is 0 Å². The highest BCUT2D eigenvalue weighted by Gasteiger charge is 2.26.